The Morgan fingerprint density at radius 1 is 1.53 bits per heavy atom. The van der Waals surface area contributed by atoms with Crippen molar-refractivity contribution in [3.05, 3.63) is 29.1 Å². The number of hydrogen-bond donors (Lipinski definition) is 2. The van der Waals surface area contributed by atoms with Gasteiger partial charge >= 0.3 is 0 Å². The number of hydrogen-bond acceptors (Lipinski definition) is 3. The van der Waals surface area contributed by atoms with E-state index in [1.165, 1.54) is 17.0 Å². The number of nitrogen functional groups attached to an aromatic ring is 1. The zero-order chi connectivity index (χ0) is 14.2. The van der Waals surface area contributed by atoms with Gasteiger partial charge in [0.2, 0.25) is 0 Å². The molecule has 1 amide bonds. The molecule has 0 unspecified atom stereocenters. The van der Waals surface area contributed by atoms with E-state index in [1.807, 2.05) is 6.92 Å². The number of rotatable bonds is 3. The molecular weight excluding hydrogens is 247 g/mol. The maximum atomic E-state index is 13.9. The van der Waals surface area contributed by atoms with E-state index in [9.17, 15) is 14.3 Å². The molecule has 1 saturated heterocycles. The molecule has 0 spiro atoms. The van der Waals surface area contributed by atoms with E-state index < -0.39 is 17.3 Å². The lowest BCUT2D eigenvalue weighted by atomic mass is 9.88. The van der Waals surface area contributed by atoms with Crippen molar-refractivity contribution >= 4 is 11.6 Å². The number of anilines is 1. The van der Waals surface area contributed by atoms with E-state index in [0.29, 0.717) is 17.7 Å². The first-order chi connectivity index (χ1) is 8.86. The number of carbonyl (C=O) groups is 1. The summed E-state index contributed by atoms with van der Waals surface area (Å²) in [5.41, 5.74) is 5.53. The van der Waals surface area contributed by atoms with E-state index in [-0.39, 0.29) is 18.7 Å². The van der Waals surface area contributed by atoms with Crippen molar-refractivity contribution < 1.29 is 14.3 Å². The highest BCUT2D eigenvalue weighted by Gasteiger charge is 2.43. The Kier molecular flexibility index (Phi) is 3.49. The molecule has 3 N–H and O–H groups in total. The number of nitrogens with two attached hydrogens (primary N) is 1. The number of nitrogens with zero attached hydrogens (tertiary/aromatic N) is 1. The lowest BCUT2D eigenvalue weighted by molar-refractivity contribution is -0.0861. The van der Waals surface area contributed by atoms with Crippen molar-refractivity contribution in [1.29, 1.82) is 0 Å². The van der Waals surface area contributed by atoms with Crippen LogP contribution in [0.2, 0.25) is 0 Å². The van der Waals surface area contributed by atoms with Crippen LogP contribution >= 0.6 is 0 Å². The van der Waals surface area contributed by atoms with E-state index in [0.717, 1.165) is 6.42 Å². The molecule has 0 aliphatic carbocycles. The van der Waals surface area contributed by atoms with Crippen molar-refractivity contribution in [3.63, 3.8) is 0 Å². The standard InChI is InChI=1S/C14H19FN2O2/c1-3-4-14(19)7-17(8-14)13(18)11-6-10(16)5-9(2)12(11)15/h5-6,19H,3-4,7-8,16H2,1-2H3. The van der Waals surface area contributed by atoms with Gasteiger partial charge in [0.1, 0.15) is 5.82 Å². The summed E-state index contributed by atoms with van der Waals surface area (Å²) in [5, 5.41) is 10.0. The van der Waals surface area contributed by atoms with Gasteiger partial charge in [-0.15, -0.1) is 0 Å². The summed E-state index contributed by atoms with van der Waals surface area (Å²) in [6.07, 6.45) is 1.50. The van der Waals surface area contributed by atoms with Crippen LogP contribution in [0.5, 0.6) is 0 Å². The molecule has 104 valence electrons. The van der Waals surface area contributed by atoms with Crippen molar-refractivity contribution in [2.24, 2.45) is 0 Å². The van der Waals surface area contributed by atoms with Gasteiger partial charge in [0, 0.05) is 5.69 Å². The molecular formula is C14H19FN2O2. The molecule has 0 bridgehead atoms. The number of β-amino-alcohol motifs (C(OH)–C–C–N with tert-alkyl or cyclic N) is 1. The first-order valence-corrected chi connectivity index (χ1v) is 6.43. The normalized spacial score (nSPS) is 17.2. The molecule has 1 aromatic carbocycles. The maximum Gasteiger partial charge on any atom is 0.257 e. The van der Waals surface area contributed by atoms with Crippen LogP contribution < -0.4 is 5.73 Å². The SMILES string of the molecule is CCCC1(O)CN(C(=O)c2cc(N)cc(C)c2F)C1. The van der Waals surface area contributed by atoms with E-state index in [2.05, 4.69) is 0 Å². The highest BCUT2D eigenvalue weighted by Crippen LogP contribution is 2.28. The number of halogens is 1. The van der Waals surface area contributed by atoms with E-state index in [4.69, 9.17) is 5.73 Å². The van der Waals surface area contributed by atoms with Crippen LogP contribution in [0.4, 0.5) is 10.1 Å². The van der Waals surface area contributed by atoms with Gasteiger partial charge in [0.05, 0.1) is 24.3 Å². The number of likely N-dealkylation sites (tertiary alicyclic amines) is 1. The van der Waals surface area contributed by atoms with Crippen LogP contribution in [-0.4, -0.2) is 34.6 Å². The first-order valence-electron chi connectivity index (χ1n) is 6.43. The molecule has 1 fully saturated rings. The maximum absolute atomic E-state index is 13.9. The van der Waals surface area contributed by atoms with Crippen LogP contribution in [0.1, 0.15) is 35.7 Å². The minimum atomic E-state index is -0.809. The Bertz CT molecular complexity index is 510. The lowest BCUT2D eigenvalue weighted by Crippen LogP contribution is -2.63. The summed E-state index contributed by atoms with van der Waals surface area (Å²) in [4.78, 5) is 13.6. The Labute approximate surface area is 112 Å². The van der Waals surface area contributed by atoms with Crippen LogP contribution in [0.25, 0.3) is 0 Å². The van der Waals surface area contributed by atoms with Gasteiger partial charge in [-0.1, -0.05) is 13.3 Å². The Morgan fingerprint density at radius 3 is 2.74 bits per heavy atom. The number of aryl methyl sites for hydroxylation is 1. The van der Waals surface area contributed by atoms with Gasteiger partial charge in [-0.3, -0.25) is 4.79 Å². The largest absolute Gasteiger partial charge is 0.399 e. The summed E-state index contributed by atoms with van der Waals surface area (Å²) in [6, 6.07) is 2.84. The summed E-state index contributed by atoms with van der Waals surface area (Å²) < 4.78 is 13.9. The third-order valence-electron chi connectivity index (χ3n) is 3.48. The third-order valence-corrected chi connectivity index (χ3v) is 3.48. The zero-order valence-electron chi connectivity index (χ0n) is 11.2. The summed E-state index contributed by atoms with van der Waals surface area (Å²) in [7, 11) is 0. The van der Waals surface area contributed by atoms with Gasteiger partial charge in [-0.25, -0.2) is 4.39 Å². The third kappa shape index (κ3) is 2.56. The van der Waals surface area contributed by atoms with Crippen LogP contribution in [0.3, 0.4) is 0 Å². The first kappa shape index (κ1) is 13.8. The van der Waals surface area contributed by atoms with E-state index >= 15 is 0 Å². The Hall–Kier alpha value is -1.62. The molecule has 0 saturated carbocycles. The molecule has 5 heteroatoms. The fourth-order valence-corrected chi connectivity index (χ4v) is 2.55. The van der Waals surface area contributed by atoms with Crippen molar-refractivity contribution in [3.8, 4) is 0 Å². The Morgan fingerprint density at radius 2 is 2.16 bits per heavy atom. The van der Waals surface area contributed by atoms with Crippen molar-refractivity contribution in [2.75, 3.05) is 18.8 Å². The minimum Gasteiger partial charge on any atom is -0.399 e. The molecule has 1 aliphatic rings. The highest BCUT2D eigenvalue weighted by molar-refractivity contribution is 5.96. The van der Waals surface area contributed by atoms with E-state index in [1.54, 1.807) is 6.92 Å². The number of aliphatic hydroxyl groups is 1. The van der Waals surface area contributed by atoms with Crippen LogP contribution in [0.15, 0.2) is 12.1 Å². The minimum absolute atomic E-state index is 0.0175. The van der Waals surface area contributed by atoms with Gasteiger partial charge in [0.25, 0.3) is 5.91 Å². The molecule has 1 aromatic rings. The van der Waals surface area contributed by atoms with Crippen LogP contribution in [0, 0.1) is 12.7 Å². The zero-order valence-corrected chi connectivity index (χ0v) is 11.2. The summed E-state index contributed by atoms with van der Waals surface area (Å²) in [5.74, 6) is -0.946. The molecule has 1 aliphatic heterocycles. The molecule has 2 rings (SSSR count). The molecule has 19 heavy (non-hydrogen) atoms. The number of benzene rings is 1. The van der Waals surface area contributed by atoms with Crippen molar-refractivity contribution in [1.82, 2.24) is 4.90 Å². The average molecular weight is 266 g/mol. The second-order valence-electron chi connectivity index (χ2n) is 5.33. The van der Waals surface area contributed by atoms with Crippen LogP contribution in [-0.2, 0) is 0 Å². The second kappa shape index (κ2) is 4.81. The smallest absolute Gasteiger partial charge is 0.257 e. The predicted molar refractivity (Wildman–Crippen MR) is 71.3 cm³/mol. The topological polar surface area (TPSA) is 66.6 Å². The average Bonchev–Trinajstić information content (AvgIpc) is 2.30. The van der Waals surface area contributed by atoms with Gasteiger partial charge in [0.15, 0.2) is 0 Å². The fourth-order valence-electron chi connectivity index (χ4n) is 2.55. The summed E-state index contributed by atoms with van der Waals surface area (Å²) in [6.45, 7) is 4.06. The highest BCUT2D eigenvalue weighted by atomic mass is 19.1. The molecule has 1 heterocycles. The number of carbonyl (C=O) groups excluding carboxylic acids is 1. The quantitative estimate of drug-likeness (QED) is 0.818. The van der Waals surface area contributed by atoms with Gasteiger partial charge < -0.3 is 15.7 Å². The van der Waals surface area contributed by atoms with Crippen molar-refractivity contribution in [2.45, 2.75) is 32.3 Å². The van der Waals surface area contributed by atoms with Gasteiger partial charge in [-0.05, 0) is 31.0 Å². The predicted octanol–water partition coefficient (Wildman–Crippen LogP) is 1.70. The molecule has 0 atom stereocenters. The molecule has 4 nitrogen and oxygen atoms in total. The lowest BCUT2D eigenvalue weighted by Gasteiger charge is -2.46. The fraction of sp³-hybridized carbons (Fsp3) is 0.500. The monoisotopic (exact) mass is 266 g/mol. The van der Waals surface area contributed by atoms with Gasteiger partial charge in [-0.2, -0.15) is 0 Å². The second-order valence-corrected chi connectivity index (χ2v) is 5.33. The Balaban J connectivity index is 2.15. The molecule has 0 aromatic heterocycles. The summed E-state index contributed by atoms with van der Waals surface area (Å²) >= 11 is 0. The molecule has 0 radical (unpaired) electrons. The number of amides is 1.